The number of carbonyl (C=O) groups is 2. The number of benzene rings is 4. The summed E-state index contributed by atoms with van der Waals surface area (Å²) >= 11 is 0. The van der Waals surface area contributed by atoms with Gasteiger partial charge in [-0.05, 0) is 41.0 Å². The standard InChI is InChI=1S/C35H35F3N2O4/c1-40(22-20-25-10-6-4-7-11-25,23-21-26-14-16-28(17-15-26)35(36,37)38)34(42)32(27-12-8-5-9-13-27)33(41)39-29-18-19-30(43-2)31(24-29)44-3/h4-19,24,32H,20-23H2,1-3H3/p+1. The average Bonchev–Trinajstić information content (AvgIpc) is 3.03. The van der Waals surface area contributed by atoms with Crippen molar-refractivity contribution in [1.29, 1.82) is 0 Å². The predicted molar refractivity (Wildman–Crippen MR) is 164 cm³/mol. The van der Waals surface area contributed by atoms with E-state index in [0.717, 1.165) is 17.7 Å². The van der Waals surface area contributed by atoms with Crippen LogP contribution in [0.3, 0.4) is 0 Å². The highest BCUT2D eigenvalue weighted by atomic mass is 19.4. The molecule has 0 heterocycles. The lowest BCUT2D eigenvalue weighted by molar-refractivity contribution is -0.834. The first-order chi connectivity index (χ1) is 21.0. The maximum absolute atomic E-state index is 14.6. The van der Waals surface area contributed by atoms with Gasteiger partial charge in [-0.3, -0.25) is 9.28 Å². The van der Waals surface area contributed by atoms with Crippen molar-refractivity contribution in [3.8, 4) is 11.5 Å². The Bertz CT molecular complexity index is 1540. The zero-order chi connectivity index (χ0) is 31.7. The summed E-state index contributed by atoms with van der Waals surface area (Å²) < 4.78 is 49.9. The van der Waals surface area contributed by atoms with Crippen molar-refractivity contribution >= 4 is 17.5 Å². The predicted octanol–water partition coefficient (Wildman–Crippen LogP) is 6.90. The molecule has 4 aromatic carbocycles. The second-order valence-electron chi connectivity index (χ2n) is 10.8. The van der Waals surface area contributed by atoms with Crippen molar-refractivity contribution in [2.45, 2.75) is 24.9 Å². The number of amides is 2. The highest BCUT2D eigenvalue weighted by molar-refractivity contribution is 6.09. The van der Waals surface area contributed by atoms with Crippen molar-refractivity contribution in [2.24, 2.45) is 0 Å². The normalized spacial score (nSPS) is 13.4. The summed E-state index contributed by atoms with van der Waals surface area (Å²) in [5, 5.41) is 2.88. The van der Waals surface area contributed by atoms with Gasteiger partial charge < -0.3 is 14.8 Å². The Morgan fingerprint density at radius 2 is 1.30 bits per heavy atom. The summed E-state index contributed by atoms with van der Waals surface area (Å²) in [6.07, 6.45) is -3.53. The Hall–Kier alpha value is -4.63. The number of carbonyl (C=O) groups excluding carboxylic acids is 2. The minimum atomic E-state index is -4.43. The molecule has 0 aliphatic heterocycles. The van der Waals surface area contributed by atoms with Gasteiger partial charge in [0.05, 0.1) is 39.9 Å². The fourth-order valence-corrected chi connectivity index (χ4v) is 5.08. The molecule has 2 unspecified atom stereocenters. The van der Waals surface area contributed by atoms with Gasteiger partial charge in [0.1, 0.15) is 0 Å². The molecule has 2 atom stereocenters. The highest BCUT2D eigenvalue weighted by Crippen LogP contribution is 2.32. The molecule has 4 rings (SSSR count). The molecule has 0 aromatic heterocycles. The Morgan fingerprint density at radius 3 is 1.84 bits per heavy atom. The van der Waals surface area contributed by atoms with Gasteiger partial charge in [0.2, 0.25) is 5.91 Å². The molecule has 0 aliphatic carbocycles. The smallest absolute Gasteiger partial charge is 0.416 e. The molecule has 1 N–H and O–H groups in total. The van der Waals surface area contributed by atoms with Gasteiger partial charge in [0.15, 0.2) is 17.4 Å². The molecule has 0 bridgehead atoms. The van der Waals surface area contributed by atoms with E-state index < -0.39 is 23.6 Å². The summed E-state index contributed by atoms with van der Waals surface area (Å²) in [5.41, 5.74) is 1.94. The van der Waals surface area contributed by atoms with Crippen LogP contribution >= 0.6 is 0 Å². The van der Waals surface area contributed by atoms with Gasteiger partial charge in [0, 0.05) is 24.6 Å². The molecular formula is C35H36F3N2O4+. The summed E-state index contributed by atoms with van der Waals surface area (Å²) in [6, 6.07) is 28.5. The van der Waals surface area contributed by atoms with Gasteiger partial charge in [-0.25, -0.2) is 4.79 Å². The molecule has 6 nitrogen and oxygen atoms in total. The number of methoxy groups -OCH3 is 2. The number of ether oxygens (including phenoxy) is 2. The van der Waals surface area contributed by atoms with Crippen molar-refractivity contribution in [3.05, 3.63) is 125 Å². The first-order valence-corrected chi connectivity index (χ1v) is 14.2. The van der Waals surface area contributed by atoms with E-state index in [1.807, 2.05) is 36.4 Å². The SMILES string of the molecule is COc1ccc(NC(=O)C(C(=O)[N+](C)(CCc2ccccc2)CCc2ccc(C(F)(F)F)cc2)c2ccccc2)cc1OC. The number of hydrogen-bond donors (Lipinski definition) is 1. The van der Waals surface area contributed by atoms with Gasteiger partial charge in [-0.2, -0.15) is 13.2 Å². The second kappa shape index (κ2) is 14.2. The van der Waals surface area contributed by atoms with Crippen molar-refractivity contribution in [3.63, 3.8) is 0 Å². The molecule has 0 radical (unpaired) electrons. The number of likely N-dealkylation sites (N-methyl/N-ethyl adjacent to an activating group) is 1. The van der Waals surface area contributed by atoms with Crippen LogP contribution in [0.15, 0.2) is 103 Å². The van der Waals surface area contributed by atoms with Gasteiger partial charge in [0.25, 0.3) is 0 Å². The highest BCUT2D eigenvalue weighted by Gasteiger charge is 2.42. The molecule has 4 aromatic rings. The second-order valence-corrected chi connectivity index (χ2v) is 10.8. The number of nitrogens with zero attached hydrogens (tertiary/aromatic N) is 1. The third-order valence-electron chi connectivity index (χ3n) is 7.74. The number of rotatable bonds is 12. The van der Waals surface area contributed by atoms with Gasteiger partial charge >= 0.3 is 12.1 Å². The number of nitrogens with one attached hydrogen (secondary N) is 1. The topological polar surface area (TPSA) is 64.6 Å². The number of halogens is 3. The van der Waals surface area contributed by atoms with Gasteiger partial charge in [-0.15, -0.1) is 0 Å². The van der Waals surface area contributed by atoms with E-state index >= 15 is 0 Å². The van der Waals surface area contributed by atoms with Crippen LogP contribution in [0.2, 0.25) is 0 Å². The molecule has 0 aliphatic rings. The zero-order valence-electron chi connectivity index (χ0n) is 24.9. The maximum atomic E-state index is 14.6. The quantitative estimate of drug-likeness (QED) is 0.141. The van der Waals surface area contributed by atoms with Crippen LogP contribution in [0.5, 0.6) is 11.5 Å². The lowest BCUT2D eigenvalue weighted by Crippen LogP contribution is -2.55. The van der Waals surface area contributed by atoms with Crippen LogP contribution in [0.4, 0.5) is 18.9 Å². The largest absolute Gasteiger partial charge is 0.493 e. The summed E-state index contributed by atoms with van der Waals surface area (Å²) in [5.74, 6) is -1.07. The Kier molecular flexibility index (Phi) is 10.4. The average molecular weight is 606 g/mol. The molecule has 0 fully saturated rings. The van der Waals surface area contributed by atoms with Crippen molar-refractivity contribution in [2.75, 3.05) is 39.7 Å². The van der Waals surface area contributed by atoms with Crippen molar-refractivity contribution < 1.29 is 36.7 Å². The number of quaternary nitrogens is 1. The lowest BCUT2D eigenvalue weighted by Gasteiger charge is -2.35. The Balaban J connectivity index is 1.66. The van der Waals surface area contributed by atoms with E-state index in [1.54, 1.807) is 49.5 Å². The van der Waals surface area contributed by atoms with Crippen LogP contribution in [0, 0.1) is 0 Å². The fourth-order valence-electron chi connectivity index (χ4n) is 5.08. The number of anilines is 1. The minimum Gasteiger partial charge on any atom is -0.493 e. The number of hydrogen-bond acceptors (Lipinski definition) is 4. The molecular weight excluding hydrogens is 569 g/mol. The molecule has 0 saturated heterocycles. The molecule has 230 valence electrons. The summed E-state index contributed by atoms with van der Waals surface area (Å²) in [7, 11) is 4.79. The molecule has 0 saturated carbocycles. The van der Waals surface area contributed by atoms with Crippen LogP contribution in [-0.2, 0) is 28.6 Å². The summed E-state index contributed by atoms with van der Waals surface area (Å²) in [4.78, 5) is 28.5. The van der Waals surface area contributed by atoms with E-state index in [0.29, 0.717) is 47.7 Å². The Labute approximate surface area is 255 Å². The van der Waals surface area contributed by atoms with Crippen molar-refractivity contribution in [1.82, 2.24) is 0 Å². The minimum absolute atomic E-state index is 0.116. The molecule has 9 heteroatoms. The van der Waals surface area contributed by atoms with Crippen LogP contribution < -0.4 is 14.8 Å². The third kappa shape index (κ3) is 8.05. The molecule has 2 amide bonds. The van der Waals surface area contributed by atoms with E-state index in [4.69, 9.17) is 9.47 Å². The van der Waals surface area contributed by atoms with E-state index in [9.17, 15) is 22.8 Å². The van der Waals surface area contributed by atoms with Crippen LogP contribution in [0.25, 0.3) is 0 Å². The lowest BCUT2D eigenvalue weighted by atomic mass is 9.94. The van der Waals surface area contributed by atoms with Crippen LogP contribution in [-0.4, -0.2) is 50.7 Å². The number of alkyl halides is 3. The van der Waals surface area contributed by atoms with E-state index in [2.05, 4.69) is 5.32 Å². The monoisotopic (exact) mass is 605 g/mol. The third-order valence-corrected chi connectivity index (χ3v) is 7.74. The molecule has 44 heavy (non-hydrogen) atoms. The first kappa shape index (κ1) is 32.3. The zero-order valence-corrected chi connectivity index (χ0v) is 24.9. The molecule has 0 spiro atoms. The summed E-state index contributed by atoms with van der Waals surface area (Å²) in [6.45, 7) is 0.667. The fraction of sp³-hybridized carbons (Fsp3) is 0.257. The maximum Gasteiger partial charge on any atom is 0.416 e. The van der Waals surface area contributed by atoms with Gasteiger partial charge in [-0.1, -0.05) is 72.8 Å². The van der Waals surface area contributed by atoms with Crippen LogP contribution in [0.1, 0.15) is 28.2 Å². The van der Waals surface area contributed by atoms with E-state index in [1.165, 1.54) is 26.4 Å². The first-order valence-electron chi connectivity index (χ1n) is 14.2. The van der Waals surface area contributed by atoms with E-state index in [-0.39, 0.29) is 16.9 Å². The Morgan fingerprint density at radius 1 is 0.750 bits per heavy atom.